The number of aromatic nitrogens is 3. The molecule has 0 atom stereocenters. The Kier molecular flexibility index (Phi) is 4.88. The summed E-state index contributed by atoms with van der Waals surface area (Å²) in [6.45, 7) is 2.73. The third-order valence-corrected chi connectivity index (χ3v) is 5.09. The summed E-state index contributed by atoms with van der Waals surface area (Å²) < 4.78 is 15.2. The summed E-state index contributed by atoms with van der Waals surface area (Å²) in [5.41, 5.74) is 0.374. The zero-order valence-corrected chi connectivity index (χ0v) is 14.0. The number of thiophene rings is 1. The van der Waals surface area contributed by atoms with E-state index in [1.165, 1.54) is 30.0 Å². The summed E-state index contributed by atoms with van der Waals surface area (Å²) in [6, 6.07) is 9.70. The SMILES string of the molecule is CCn1c(SCC(=O)c2cccc(F)c2)nnc1-c1cccs1. The first-order valence-corrected chi connectivity index (χ1v) is 8.94. The minimum Gasteiger partial charge on any atom is -0.302 e. The van der Waals surface area contributed by atoms with E-state index < -0.39 is 5.82 Å². The van der Waals surface area contributed by atoms with Gasteiger partial charge in [-0.15, -0.1) is 21.5 Å². The molecular formula is C16H14FN3OS2. The summed E-state index contributed by atoms with van der Waals surface area (Å²) in [4.78, 5) is 13.2. The Bertz CT molecular complexity index is 815. The van der Waals surface area contributed by atoms with Crippen LogP contribution in [0.1, 0.15) is 17.3 Å². The van der Waals surface area contributed by atoms with Crippen LogP contribution in [0.5, 0.6) is 0 Å². The minimum absolute atomic E-state index is 0.127. The van der Waals surface area contributed by atoms with Gasteiger partial charge in [-0.25, -0.2) is 4.39 Å². The van der Waals surface area contributed by atoms with Crippen molar-refractivity contribution < 1.29 is 9.18 Å². The number of rotatable bonds is 6. The van der Waals surface area contributed by atoms with Crippen molar-refractivity contribution in [2.45, 2.75) is 18.6 Å². The number of Topliss-reactive ketones (excluding diaryl/α,β-unsaturated/α-hetero) is 1. The quantitative estimate of drug-likeness (QED) is 0.497. The molecule has 0 unspecified atom stereocenters. The Morgan fingerprint density at radius 2 is 2.17 bits per heavy atom. The molecule has 0 bridgehead atoms. The van der Waals surface area contributed by atoms with Gasteiger partial charge in [-0.1, -0.05) is 30.0 Å². The first-order chi connectivity index (χ1) is 11.2. The molecule has 0 amide bonds. The highest BCUT2D eigenvalue weighted by atomic mass is 32.2. The van der Waals surface area contributed by atoms with Crippen molar-refractivity contribution >= 4 is 28.9 Å². The van der Waals surface area contributed by atoms with Gasteiger partial charge >= 0.3 is 0 Å². The van der Waals surface area contributed by atoms with E-state index >= 15 is 0 Å². The number of carbonyl (C=O) groups excluding carboxylic acids is 1. The lowest BCUT2D eigenvalue weighted by atomic mass is 10.1. The largest absolute Gasteiger partial charge is 0.302 e. The van der Waals surface area contributed by atoms with Crippen LogP contribution in [-0.2, 0) is 6.54 Å². The molecule has 0 fully saturated rings. The highest BCUT2D eigenvalue weighted by Gasteiger charge is 2.15. The molecule has 0 N–H and O–H groups in total. The minimum atomic E-state index is -0.405. The van der Waals surface area contributed by atoms with Gasteiger partial charge in [0.25, 0.3) is 0 Å². The van der Waals surface area contributed by atoms with Crippen molar-refractivity contribution in [2.75, 3.05) is 5.75 Å². The fourth-order valence-corrected chi connectivity index (χ4v) is 3.76. The van der Waals surface area contributed by atoms with Gasteiger partial charge < -0.3 is 4.57 Å². The van der Waals surface area contributed by atoms with Crippen molar-refractivity contribution in [3.05, 3.63) is 53.2 Å². The molecule has 23 heavy (non-hydrogen) atoms. The van der Waals surface area contributed by atoms with Crippen LogP contribution in [0.25, 0.3) is 10.7 Å². The van der Waals surface area contributed by atoms with Crippen LogP contribution in [0.4, 0.5) is 4.39 Å². The number of hydrogen-bond donors (Lipinski definition) is 0. The number of nitrogens with zero attached hydrogens (tertiary/aromatic N) is 3. The predicted octanol–water partition coefficient (Wildman–Crippen LogP) is 4.14. The topological polar surface area (TPSA) is 47.8 Å². The molecule has 2 heterocycles. The van der Waals surface area contributed by atoms with Crippen LogP contribution >= 0.6 is 23.1 Å². The summed E-state index contributed by atoms with van der Waals surface area (Å²) in [7, 11) is 0. The number of halogens is 1. The third-order valence-electron chi connectivity index (χ3n) is 3.25. The zero-order valence-electron chi connectivity index (χ0n) is 12.4. The van der Waals surface area contributed by atoms with Crippen molar-refractivity contribution in [3.8, 4) is 10.7 Å². The Morgan fingerprint density at radius 1 is 1.30 bits per heavy atom. The Labute approximate surface area is 141 Å². The van der Waals surface area contributed by atoms with Gasteiger partial charge in [-0.05, 0) is 30.5 Å². The monoisotopic (exact) mass is 347 g/mol. The number of benzene rings is 1. The van der Waals surface area contributed by atoms with Crippen molar-refractivity contribution in [1.82, 2.24) is 14.8 Å². The smallest absolute Gasteiger partial charge is 0.191 e. The molecule has 0 radical (unpaired) electrons. The van der Waals surface area contributed by atoms with E-state index in [0.29, 0.717) is 10.7 Å². The third kappa shape index (κ3) is 3.51. The number of hydrogen-bond acceptors (Lipinski definition) is 5. The molecule has 3 rings (SSSR count). The fraction of sp³-hybridized carbons (Fsp3) is 0.188. The maximum Gasteiger partial charge on any atom is 0.191 e. The average Bonchev–Trinajstić information content (AvgIpc) is 3.21. The second-order valence-electron chi connectivity index (χ2n) is 4.75. The van der Waals surface area contributed by atoms with Crippen LogP contribution in [0.15, 0.2) is 46.9 Å². The number of ketones is 1. The number of thioether (sulfide) groups is 1. The Hall–Kier alpha value is -1.99. The average molecular weight is 347 g/mol. The van der Waals surface area contributed by atoms with Gasteiger partial charge in [0.05, 0.1) is 10.6 Å². The molecule has 0 saturated carbocycles. The van der Waals surface area contributed by atoms with E-state index in [9.17, 15) is 9.18 Å². The molecule has 7 heteroatoms. The van der Waals surface area contributed by atoms with Gasteiger partial charge in [0.15, 0.2) is 16.8 Å². The molecule has 0 aliphatic heterocycles. The van der Waals surface area contributed by atoms with Gasteiger partial charge in [0.2, 0.25) is 0 Å². The molecule has 3 aromatic rings. The van der Waals surface area contributed by atoms with Crippen LogP contribution < -0.4 is 0 Å². The maximum absolute atomic E-state index is 13.2. The molecular weight excluding hydrogens is 333 g/mol. The van der Waals surface area contributed by atoms with Crippen molar-refractivity contribution in [2.24, 2.45) is 0 Å². The summed E-state index contributed by atoms with van der Waals surface area (Å²) in [5, 5.41) is 11.1. The van der Waals surface area contributed by atoms with Crippen LogP contribution in [0.3, 0.4) is 0 Å². The summed E-state index contributed by atoms with van der Waals surface area (Å²) >= 11 is 2.92. The van der Waals surface area contributed by atoms with E-state index in [1.54, 1.807) is 17.4 Å². The molecule has 1 aromatic carbocycles. The maximum atomic E-state index is 13.2. The number of carbonyl (C=O) groups is 1. The van der Waals surface area contributed by atoms with Crippen LogP contribution in [0, 0.1) is 5.82 Å². The van der Waals surface area contributed by atoms with Crippen molar-refractivity contribution in [1.29, 1.82) is 0 Å². The first-order valence-electron chi connectivity index (χ1n) is 7.07. The molecule has 0 aliphatic carbocycles. The molecule has 0 aliphatic rings. The predicted molar refractivity (Wildman–Crippen MR) is 90.5 cm³/mol. The highest BCUT2D eigenvalue weighted by Crippen LogP contribution is 2.27. The molecule has 4 nitrogen and oxygen atoms in total. The first kappa shape index (κ1) is 15.9. The summed E-state index contributed by atoms with van der Waals surface area (Å²) in [6.07, 6.45) is 0. The molecule has 0 spiro atoms. The van der Waals surface area contributed by atoms with Crippen LogP contribution in [-0.4, -0.2) is 26.3 Å². The fourth-order valence-electron chi connectivity index (χ4n) is 2.14. The standard InChI is InChI=1S/C16H14FN3OS2/c1-2-20-15(14-7-4-8-22-14)18-19-16(20)23-10-13(21)11-5-3-6-12(17)9-11/h3-9H,2,10H2,1H3. The lowest BCUT2D eigenvalue weighted by Gasteiger charge is -2.06. The lowest BCUT2D eigenvalue weighted by molar-refractivity contribution is 0.102. The van der Waals surface area contributed by atoms with Crippen molar-refractivity contribution in [3.63, 3.8) is 0 Å². The van der Waals surface area contributed by atoms with Gasteiger partial charge in [0.1, 0.15) is 5.82 Å². The van der Waals surface area contributed by atoms with E-state index in [4.69, 9.17) is 0 Å². The van der Waals surface area contributed by atoms with E-state index in [2.05, 4.69) is 10.2 Å². The lowest BCUT2D eigenvalue weighted by Crippen LogP contribution is -2.05. The van der Waals surface area contributed by atoms with Gasteiger partial charge in [-0.3, -0.25) is 4.79 Å². The molecule has 118 valence electrons. The van der Waals surface area contributed by atoms with Crippen LogP contribution in [0.2, 0.25) is 0 Å². The second kappa shape index (κ2) is 7.06. The van der Waals surface area contributed by atoms with E-state index in [-0.39, 0.29) is 11.5 Å². The zero-order chi connectivity index (χ0) is 16.2. The molecule has 2 aromatic heterocycles. The Balaban J connectivity index is 1.75. The van der Waals surface area contributed by atoms with Gasteiger partial charge in [-0.2, -0.15) is 0 Å². The van der Waals surface area contributed by atoms with Gasteiger partial charge in [0, 0.05) is 12.1 Å². The van der Waals surface area contributed by atoms with E-state index in [1.807, 2.05) is 29.0 Å². The summed E-state index contributed by atoms with van der Waals surface area (Å²) in [5.74, 6) is 0.477. The highest BCUT2D eigenvalue weighted by molar-refractivity contribution is 7.99. The van der Waals surface area contributed by atoms with E-state index in [0.717, 1.165) is 17.2 Å². The molecule has 0 saturated heterocycles. The second-order valence-corrected chi connectivity index (χ2v) is 6.64. The normalized spacial score (nSPS) is 10.9. The Morgan fingerprint density at radius 3 is 2.87 bits per heavy atom.